The van der Waals surface area contributed by atoms with Crippen LogP contribution in [0.5, 0.6) is 5.75 Å². The van der Waals surface area contributed by atoms with Crippen molar-refractivity contribution in [2.24, 2.45) is 0 Å². The van der Waals surface area contributed by atoms with E-state index in [4.69, 9.17) is 20.8 Å². The van der Waals surface area contributed by atoms with E-state index in [0.29, 0.717) is 28.2 Å². The van der Waals surface area contributed by atoms with Crippen LogP contribution < -0.4 is 10.1 Å². The van der Waals surface area contributed by atoms with Gasteiger partial charge in [0.15, 0.2) is 0 Å². The van der Waals surface area contributed by atoms with Gasteiger partial charge in [0, 0.05) is 10.7 Å². The lowest BCUT2D eigenvalue weighted by Gasteiger charge is -2.09. The van der Waals surface area contributed by atoms with Crippen molar-refractivity contribution < 1.29 is 13.9 Å². The minimum absolute atomic E-state index is 0.155. The Hall–Kier alpha value is -2.51. The highest BCUT2D eigenvalue weighted by Crippen LogP contribution is 2.24. The largest absolute Gasteiger partial charge is 0.497 e. The van der Waals surface area contributed by atoms with Crippen LogP contribution in [0.2, 0.25) is 5.02 Å². The summed E-state index contributed by atoms with van der Waals surface area (Å²) in [4.78, 5) is 12.3. The number of halogens is 1. The summed E-state index contributed by atoms with van der Waals surface area (Å²) in [5.41, 5.74) is 1.71. The topological polar surface area (TPSA) is 77.2 Å². The summed E-state index contributed by atoms with van der Waals surface area (Å²) in [5, 5.41) is 11.5. The van der Waals surface area contributed by atoms with Crippen LogP contribution in [-0.4, -0.2) is 28.5 Å². The van der Waals surface area contributed by atoms with Gasteiger partial charge in [0.2, 0.25) is 11.8 Å². The van der Waals surface area contributed by atoms with Crippen molar-refractivity contribution in [2.75, 3.05) is 12.4 Å². The fraction of sp³-hybridized carbons (Fsp3) is 0.211. The normalized spacial score (nSPS) is 11.8. The molecule has 6 nitrogen and oxygen atoms in total. The summed E-state index contributed by atoms with van der Waals surface area (Å²) in [5.74, 6) is 1.13. The molecule has 0 saturated carbocycles. The van der Waals surface area contributed by atoms with Gasteiger partial charge in [-0.25, -0.2) is 0 Å². The van der Waals surface area contributed by atoms with E-state index in [1.165, 1.54) is 11.8 Å². The number of amides is 1. The number of benzene rings is 2. The highest BCUT2D eigenvalue weighted by Gasteiger charge is 2.18. The number of hydrogen-bond acceptors (Lipinski definition) is 6. The molecule has 2 aromatic carbocycles. The van der Waals surface area contributed by atoms with Crippen molar-refractivity contribution in [1.29, 1.82) is 0 Å². The van der Waals surface area contributed by atoms with Crippen LogP contribution in [0.1, 0.15) is 18.4 Å². The lowest BCUT2D eigenvalue weighted by molar-refractivity contribution is -0.115. The SMILES string of the molecule is COc1ccc(Cc2nnc(S[C@@H](C)C(=O)Nc3ccc(Cl)cc3)o2)cc1. The minimum Gasteiger partial charge on any atom is -0.497 e. The molecule has 1 atom stereocenters. The van der Waals surface area contributed by atoms with Gasteiger partial charge < -0.3 is 14.5 Å². The molecule has 1 N–H and O–H groups in total. The van der Waals surface area contributed by atoms with Gasteiger partial charge >= 0.3 is 0 Å². The number of carbonyl (C=O) groups excluding carboxylic acids is 1. The fourth-order valence-corrected chi connectivity index (χ4v) is 3.08. The van der Waals surface area contributed by atoms with Gasteiger partial charge in [-0.1, -0.05) is 35.5 Å². The molecule has 1 aromatic heterocycles. The monoisotopic (exact) mass is 403 g/mol. The van der Waals surface area contributed by atoms with Crippen LogP contribution in [-0.2, 0) is 11.2 Å². The summed E-state index contributed by atoms with van der Waals surface area (Å²) in [6.07, 6.45) is 0.517. The van der Waals surface area contributed by atoms with Crippen molar-refractivity contribution in [3.8, 4) is 5.75 Å². The van der Waals surface area contributed by atoms with E-state index >= 15 is 0 Å². The average Bonchev–Trinajstić information content (AvgIpc) is 3.11. The number of anilines is 1. The van der Waals surface area contributed by atoms with E-state index in [9.17, 15) is 4.79 Å². The Morgan fingerprint density at radius 3 is 2.56 bits per heavy atom. The summed E-state index contributed by atoms with van der Waals surface area (Å²) in [6, 6.07) is 14.6. The number of carbonyl (C=O) groups is 1. The molecule has 0 radical (unpaired) electrons. The molecule has 1 amide bonds. The number of rotatable bonds is 7. The molecule has 140 valence electrons. The lowest BCUT2D eigenvalue weighted by Crippen LogP contribution is -2.22. The molecule has 3 rings (SSSR count). The molecule has 1 heterocycles. The first-order valence-corrected chi connectivity index (χ1v) is 9.47. The molecule has 0 aliphatic heterocycles. The summed E-state index contributed by atoms with van der Waals surface area (Å²) in [6.45, 7) is 1.78. The van der Waals surface area contributed by atoms with E-state index in [2.05, 4.69) is 15.5 Å². The second-order valence-electron chi connectivity index (χ2n) is 5.74. The molecule has 0 saturated heterocycles. The first-order chi connectivity index (χ1) is 13.0. The van der Waals surface area contributed by atoms with Crippen LogP contribution in [0.4, 0.5) is 5.69 Å². The van der Waals surface area contributed by atoms with Crippen molar-refractivity contribution in [1.82, 2.24) is 10.2 Å². The van der Waals surface area contributed by atoms with Gasteiger partial charge in [0.05, 0.1) is 18.8 Å². The average molecular weight is 404 g/mol. The third kappa shape index (κ3) is 5.48. The first-order valence-electron chi connectivity index (χ1n) is 8.22. The van der Waals surface area contributed by atoms with Crippen LogP contribution >= 0.6 is 23.4 Å². The van der Waals surface area contributed by atoms with Crippen LogP contribution in [0.25, 0.3) is 0 Å². The Balaban J connectivity index is 1.55. The summed E-state index contributed by atoms with van der Waals surface area (Å²) in [7, 11) is 1.63. The number of nitrogens with one attached hydrogen (secondary N) is 1. The van der Waals surface area contributed by atoms with Gasteiger partial charge in [-0.2, -0.15) is 0 Å². The number of ether oxygens (including phenoxy) is 1. The predicted molar refractivity (Wildman–Crippen MR) is 105 cm³/mol. The van der Waals surface area contributed by atoms with Crippen molar-refractivity contribution in [3.05, 3.63) is 65.0 Å². The van der Waals surface area contributed by atoms with Gasteiger partial charge in [-0.3, -0.25) is 4.79 Å². The zero-order chi connectivity index (χ0) is 19.2. The predicted octanol–water partition coefficient (Wildman–Crippen LogP) is 4.44. The quantitative estimate of drug-likeness (QED) is 0.587. The van der Waals surface area contributed by atoms with Gasteiger partial charge in [-0.15, -0.1) is 10.2 Å². The van der Waals surface area contributed by atoms with E-state index in [1.54, 1.807) is 38.3 Å². The number of hydrogen-bond donors (Lipinski definition) is 1. The zero-order valence-corrected chi connectivity index (χ0v) is 16.4. The number of thioether (sulfide) groups is 1. The van der Waals surface area contributed by atoms with Crippen molar-refractivity contribution in [3.63, 3.8) is 0 Å². The van der Waals surface area contributed by atoms with Crippen LogP contribution in [0, 0.1) is 0 Å². The molecule has 3 aromatic rings. The first kappa shape index (κ1) is 19.3. The maximum atomic E-state index is 12.3. The van der Waals surface area contributed by atoms with Crippen molar-refractivity contribution >= 4 is 35.0 Å². The van der Waals surface area contributed by atoms with Crippen LogP contribution in [0.15, 0.2) is 58.2 Å². The van der Waals surface area contributed by atoms with Crippen LogP contribution in [0.3, 0.4) is 0 Å². The standard InChI is InChI=1S/C19H18ClN3O3S/c1-12(18(24)21-15-7-5-14(20)6-8-15)27-19-23-22-17(26-19)11-13-3-9-16(25-2)10-4-13/h3-10,12H,11H2,1-2H3,(H,21,24)/t12-/m0/s1. The fourth-order valence-electron chi connectivity index (χ4n) is 2.26. The molecule has 0 fully saturated rings. The second kappa shape index (κ2) is 8.92. The Bertz CT molecular complexity index is 897. The lowest BCUT2D eigenvalue weighted by atomic mass is 10.1. The maximum Gasteiger partial charge on any atom is 0.277 e. The molecule has 27 heavy (non-hydrogen) atoms. The van der Waals surface area contributed by atoms with Gasteiger partial charge in [0.25, 0.3) is 5.22 Å². The Labute approximate surface area is 166 Å². The van der Waals surface area contributed by atoms with Gasteiger partial charge in [-0.05, 0) is 48.9 Å². The van der Waals surface area contributed by atoms with E-state index in [1.807, 2.05) is 24.3 Å². The maximum absolute atomic E-state index is 12.3. The molecular formula is C19H18ClN3O3S. The number of aromatic nitrogens is 2. The van der Waals surface area contributed by atoms with Gasteiger partial charge in [0.1, 0.15) is 5.75 Å². The van der Waals surface area contributed by atoms with Crippen molar-refractivity contribution in [2.45, 2.75) is 23.8 Å². The van der Waals surface area contributed by atoms with E-state index in [0.717, 1.165) is 11.3 Å². The third-order valence-electron chi connectivity index (χ3n) is 3.72. The number of methoxy groups -OCH3 is 1. The molecule has 0 unspecified atom stereocenters. The number of nitrogens with zero attached hydrogens (tertiary/aromatic N) is 2. The zero-order valence-electron chi connectivity index (χ0n) is 14.8. The van der Waals surface area contributed by atoms with E-state index in [-0.39, 0.29) is 5.91 Å². The molecule has 0 spiro atoms. The molecule has 0 aliphatic rings. The molecule has 0 bridgehead atoms. The minimum atomic E-state index is -0.394. The molecule has 0 aliphatic carbocycles. The smallest absolute Gasteiger partial charge is 0.277 e. The Kier molecular flexibility index (Phi) is 6.36. The second-order valence-corrected chi connectivity index (χ2v) is 7.47. The molecular weight excluding hydrogens is 386 g/mol. The van der Waals surface area contributed by atoms with E-state index < -0.39 is 5.25 Å². The third-order valence-corrected chi connectivity index (χ3v) is 4.91. The summed E-state index contributed by atoms with van der Waals surface area (Å²) >= 11 is 7.06. The Morgan fingerprint density at radius 1 is 1.19 bits per heavy atom. The summed E-state index contributed by atoms with van der Waals surface area (Å²) < 4.78 is 10.8. The molecule has 8 heteroatoms. The highest BCUT2D eigenvalue weighted by molar-refractivity contribution is 8.00. The Morgan fingerprint density at radius 2 is 1.89 bits per heavy atom. The highest BCUT2D eigenvalue weighted by atomic mass is 35.5.